The van der Waals surface area contributed by atoms with E-state index in [9.17, 15) is 18.0 Å². The van der Waals surface area contributed by atoms with Gasteiger partial charge in [0, 0.05) is 18.1 Å². The van der Waals surface area contributed by atoms with Gasteiger partial charge in [-0.3, -0.25) is 13.9 Å². The van der Waals surface area contributed by atoms with E-state index < -0.39 is 28.5 Å². The third-order valence-corrected chi connectivity index (χ3v) is 8.15. The van der Waals surface area contributed by atoms with Gasteiger partial charge < -0.3 is 10.2 Å². The predicted molar refractivity (Wildman–Crippen MR) is 152 cm³/mol. The average molecular weight is 577 g/mol. The molecule has 0 saturated heterocycles. The third kappa shape index (κ3) is 7.49. The van der Waals surface area contributed by atoms with Crippen LogP contribution in [0.5, 0.6) is 0 Å². The van der Waals surface area contributed by atoms with Crippen LogP contribution in [0.2, 0.25) is 10.0 Å². The Morgan fingerprint density at radius 2 is 1.50 bits per heavy atom. The molecular formula is C28H31Cl2N3O4S. The number of halogens is 2. The number of carbonyl (C=O) groups excluding carboxylic acids is 2. The van der Waals surface area contributed by atoms with Crippen LogP contribution in [-0.4, -0.2) is 44.3 Å². The molecule has 0 bridgehead atoms. The van der Waals surface area contributed by atoms with E-state index in [1.165, 1.54) is 35.2 Å². The first-order valence-corrected chi connectivity index (χ1v) is 14.3. The molecular weight excluding hydrogens is 545 g/mol. The second-order valence-corrected chi connectivity index (χ2v) is 11.9. The zero-order valence-corrected chi connectivity index (χ0v) is 23.8. The van der Waals surface area contributed by atoms with Crippen LogP contribution in [0, 0.1) is 5.92 Å². The predicted octanol–water partition coefficient (Wildman–Crippen LogP) is 5.38. The summed E-state index contributed by atoms with van der Waals surface area (Å²) in [7, 11) is -4.20. The highest BCUT2D eigenvalue weighted by atomic mass is 35.5. The summed E-state index contributed by atoms with van der Waals surface area (Å²) in [6.45, 7) is 5.56. The van der Waals surface area contributed by atoms with Gasteiger partial charge >= 0.3 is 0 Å². The highest BCUT2D eigenvalue weighted by Crippen LogP contribution is 2.33. The van der Waals surface area contributed by atoms with Gasteiger partial charge in [0.05, 0.1) is 15.6 Å². The summed E-state index contributed by atoms with van der Waals surface area (Å²) < 4.78 is 28.5. The van der Waals surface area contributed by atoms with Crippen LogP contribution >= 0.6 is 23.2 Å². The molecule has 1 atom stereocenters. The van der Waals surface area contributed by atoms with Crippen molar-refractivity contribution in [2.75, 3.05) is 17.4 Å². The largest absolute Gasteiger partial charge is 0.354 e. The van der Waals surface area contributed by atoms with Crippen LogP contribution in [0.3, 0.4) is 0 Å². The molecule has 3 rings (SSSR count). The van der Waals surface area contributed by atoms with E-state index in [4.69, 9.17) is 23.2 Å². The molecule has 0 spiro atoms. The Labute approximate surface area is 234 Å². The Morgan fingerprint density at radius 1 is 0.895 bits per heavy atom. The number of amides is 2. The molecule has 2 amide bonds. The van der Waals surface area contributed by atoms with Crippen molar-refractivity contribution in [1.82, 2.24) is 10.2 Å². The summed E-state index contributed by atoms with van der Waals surface area (Å²) in [6.07, 6.45) is 0. The highest BCUT2D eigenvalue weighted by Gasteiger charge is 2.33. The number of rotatable bonds is 11. The number of benzene rings is 3. The second kappa shape index (κ2) is 13.1. The summed E-state index contributed by atoms with van der Waals surface area (Å²) in [5.74, 6) is -0.667. The zero-order chi connectivity index (χ0) is 27.9. The van der Waals surface area contributed by atoms with Gasteiger partial charge in [-0.1, -0.05) is 85.6 Å². The molecule has 0 aliphatic rings. The minimum atomic E-state index is -4.20. The summed E-state index contributed by atoms with van der Waals surface area (Å²) in [5.41, 5.74) is 0.899. The van der Waals surface area contributed by atoms with Gasteiger partial charge in [-0.2, -0.15) is 0 Å². The zero-order valence-electron chi connectivity index (χ0n) is 21.5. The Kier molecular flexibility index (Phi) is 10.2. The molecule has 202 valence electrons. The van der Waals surface area contributed by atoms with Crippen LogP contribution in [0.1, 0.15) is 26.3 Å². The van der Waals surface area contributed by atoms with E-state index >= 15 is 0 Å². The number of hydrogen-bond acceptors (Lipinski definition) is 4. The number of nitrogens with zero attached hydrogens (tertiary/aromatic N) is 2. The monoisotopic (exact) mass is 575 g/mol. The van der Waals surface area contributed by atoms with Crippen molar-refractivity contribution in [3.8, 4) is 0 Å². The van der Waals surface area contributed by atoms with Gasteiger partial charge in [-0.15, -0.1) is 0 Å². The number of hydrogen-bond donors (Lipinski definition) is 1. The van der Waals surface area contributed by atoms with Gasteiger partial charge in [0.2, 0.25) is 11.8 Å². The van der Waals surface area contributed by atoms with Gasteiger partial charge in [0.15, 0.2) is 0 Å². The van der Waals surface area contributed by atoms with E-state index in [0.717, 1.165) is 9.87 Å². The van der Waals surface area contributed by atoms with Crippen molar-refractivity contribution in [3.63, 3.8) is 0 Å². The minimum Gasteiger partial charge on any atom is -0.354 e. The normalized spacial score (nSPS) is 12.2. The Morgan fingerprint density at radius 3 is 2.08 bits per heavy atom. The molecule has 0 fully saturated rings. The second-order valence-electron chi connectivity index (χ2n) is 9.24. The van der Waals surface area contributed by atoms with Crippen LogP contribution in [0.4, 0.5) is 5.69 Å². The Balaban J connectivity index is 2.02. The lowest BCUT2D eigenvalue weighted by atomic mass is 10.1. The van der Waals surface area contributed by atoms with Crippen molar-refractivity contribution in [2.24, 2.45) is 5.92 Å². The van der Waals surface area contributed by atoms with Gasteiger partial charge in [-0.05, 0) is 48.7 Å². The lowest BCUT2D eigenvalue weighted by Crippen LogP contribution is -2.51. The summed E-state index contributed by atoms with van der Waals surface area (Å²) in [5, 5.41) is 3.25. The fraction of sp³-hybridized carbons (Fsp3) is 0.286. The molecule has 1 unspecified atom stereocenters. The topological polar surface area (TPSA) is 86.8 Å². The molecule has 0 aliphatic heterocycles. The molecule has 0 aliphatic carbocycles. The SMILES string of the molecule is CC(C)CNC(=O)C(C)N(Cc1ccccc1)C(=O)CN(c1ccc(Cl)cc1Cl)S(=O)(=O)c1ccccc1. The van der Waals surface area contributed by atoms with Crippen LogP contribution < -0.4 is 9.62 Å². The molecule has 7 nitrogen and oxygen atoms in total. The lowest BCUT2D eigenvalue weighted by Gasteiger charge is -2.32. The maximum absolute atomic E-state index is 13.8. The van der Waals surface area contributed by atoms with Gasteiger partial charge in [-0.25, -0.2) is 8.42 Å². The van der Waals surface area contributed by atoms with Crippen LogP contribution in [0.15, 0.2) is 83.8 Å². The van der Waals surface area contributed by atoms with E-state index in [-0.39, 0.29) is 34.0 Å². The Hall–Kier alpha value is -3.07. The Bertz CT molecular complexity index is 1350. The molecule has 0 radical (unpaired) electrons. The van der Waals surface area contributed by atoms with Crippen molar-refractivity contribution in [2.45, 2.75) is 38.3 Å². The molecule has 10 heteroatoms. The first-order valence-electron chi connectivity index (χ1n) is 12.1. The third-order valence-electron chi connectivity index (χ3n) is 5.84. The van der Waals surface area contributed by atoms with E-state index in [1.807, 2.05) is 44.2 Å². The van der Waals surface area contributed by atoms with Crippen molar-refractivity contribution < 1.29 is 18.0 Å². The highest BCUT2D eigenvalue weighted by molar-refractivity contribution is 7.92. The summed E-state index contributed by atoms with van der Waals surface area (Å²) in [4.78, 5) is 28.2. The number of sulfonamides is 1. The fourth-order valence-electron chi connectivity index (χ4n) is 3.73. The standard InChI is InChI=1S/C28H31Cl2N3O4S/c1-20(2)17-31-28(35)21(3)32(18-22-10-6-4-7-11-22)27(34)19-33(26-15-14-23(29)16-25(26)30)38(36,37)24-12-8-5-9-13-24/h4-16,20-21H,17-19H2,1-3H3,(H,31,35). The molecule has 3 aromatic carbocycles. The molecule has 0 heterocycles. The van der Waals surface area contributed by atoms with E-state index in [2.05, 4.69) is 5.32 Å². The minimum absolute atomic E-state index is 0.00356. The molecule has 38 heavy (non-hydrogen) atoms. The van der Waals surface area contributed by atoms with E-state index in [0.29, 0.717) is 11.6 Å². The molecule has 0 saturated carbocycles. The number of nitrogens with one attached hydrogen (secondary N) is 1. The maximum atomic E-state index is 13.8. The lowest BCUT2D eigenvalue weighted by molar-refractivity contribution is -0.139. The first kappa shape index (κ1) is 29.5. The van der Waals surface area contributed by atoms with Crippen molar-refractivity contribution in [1.29, 1.82) is 0 Å². The maximum Gasteiger partial charge on any atom is 0.264 e. The summed E-state index contributed by atoms with van der Waals surface area (Å²) in [6, 6.07) is 20.5. The van der Waals surface area contributed by atoms with Crippen molar-refractivity contribution in [3.05, 3.63) is 94.5 Å². The van der Waals surface area contributed by atoms with Crippen molar-refractivity contribution >= 4 is 50.7 Å². The fourth-order valence-corrected chi connectivity index (χ4v) is 5.75. The number of anilines is 1. The average Bonchev–Trinajstić information content (AvgIpc) is 2.90. The quantitative estimate of drug-likeness (QED) is 0.332. The summed E-state index contributed by atoms with van der Waals surface area (Å²) >= 11 is 12.5. The van der Waals surface area contributed by atoms with Crippen LogP contribution in [0.25, 0.3) is 0 Å². The smallest absolute Gasteiger partial charge is 0.264 e. The van der Waals surface area contributed by atoms with Gasteiger partial charge in [0.25, 0.3) is 10.0 Å². The van der Waals surface area contributed by atoms with E-state index in [1.54, 1.807) is 25.1 Å². The first-order chi connectivity index (χ1) is 18.0. The molecule has 3 aromatic rings. The number of carbonyl (C=O) groups is 2. The van der Waals surface area contributed by atoms with Gasteiger partial charge in [0.1, 0.15) is 12.6 Å². The molecule has 0 aromatic heterocycles. The van der Waals surface area contributed by atoms with Crippen LogP contribution in [-0.2, 0) is 26.2 Å². The molecule has 1 N–H and O–H groups in total.